The van der Waals surface area contributed by atoms with E-state index in [0.29, 0.717) is 17.0 Å². The molecular formula is C22H27N3O5S. The summed E-state index contributed by atoms with van der Waals surface area (Å²) in [5.41, 5.74) is 2.02. The van der Waals surface area contributed by atoms with E-state index in [9.17, 15) is 20.0 Å². The van der Waals surface area contributed by atoms with Crippen molar-refractivity contribution in [1.29, 1.82) is 0 Å². The second-order valence-corrected chi connectivity index (χ2v) is 10.2. The Labute approximate surface area is 184 Å². The first-order valence-corrected chi connectivity index (χ1v) is 11.3. The van der Waals surface area contributed by atoms with Crippen LogP contribution in [0.1, 0.15) is 66.6 Å². The fourth-order valence-electron chi connectivity index (χ4n) is 4.39. The number of hydrogen-bond acceptors (Lipinski definition) is 7. The molecule has 3 N–H and O–H groups in total. The van der Waals surface area contributed by atoms with Crippen LogP contribution in [0.25, 0.3) is 0 Å². The molecule has 166 valence electrons. The monoisotopic (exact) mass is 445 g/mol. The molecule has 2 aromatic rings. The number of carbonyl (C=O) groups excluding carboxylic acids is 1. The Bertz CT molecular complexity index is 1060. The summed E-state index contributed by atoms with van der Waals surface area (Å²) in [4.78, 5) is 25.0. The molecule has 8 nitrogen and oxygen atoms in total. The van der Waals surface area contributed by atoms with Gasteiger partial charge in [0.05, 0.1) is 17.1 Å². The summed E-state index contributed by atoms with van der Waals surface area (Å²) < 4.78 is 5.37. The third-order valence-electron chi connectivity index (χ3n) is 6.17. The van der Waals surface area contributed by atoms with Gasteiger partial charge in [-0.05, 0) is 49.1 Å². The summed E-state index contributed by atoms with van der Waals surface area (Å²) in [6.45, 7) is 8.74. The van der Waals surface area contributed by atoms with Crippen LogP contribution in [-0.4, -0.2) is 22.5 Å². The zero-order chi connectivity index (χ0) is 22.5. The van der Waals surface area contributed by atoms with Crippen LogP contribution in [0.4, 0.5) is 10.7 Å². The molecule has 31 heavy (non-hydrogen) atoms. The van der Waals surface area contributed by atoms with Crippen molar-refractivity contribution >= 4 is 27.9 Å². The normalized spacial score (nSPS) is 20.3. The summed E-state index contributed by atoms with van der Waals surface area (Å²) in [6, 6.07) is 2.79. The smallest absolute Gasteiger partial charge is 0.315 e. The van der Waals surface area contributed by atoms with E-state index in [1.807, 2.05) is 0 Å². The number of nitro groups is 1. The lowest BCUT2D eigenvalue weighted by molar-refractivity contribution is -0.386. The largest absolute Gasteiger partial charge is 0.500 e. The molecule has 2 heterocycles. The van der Waals surface area contributed by atoms with Crippen LogP contribution < -0.4 is 15.4 Å². The summed E-state index contributed by atoms with van der Waals surface area (Å²) in [5.74, 6) is -0.114. The quantitative estimate of drug-likeness (QED) is 0.462. The predicted molar refractivity (Wildman–Crippen MR) is 119 cm³/mol. The number of rotatable bonds is 4. The maximum absolute atomic E-state index is 13.0. The van der Waals surface area contributed by atoms with Gasteiger partial charge in [-0.1, -0.05) is 20.8 Å². The number of amides is 1. The van der Waals surface area contributed by atoms with Gasteiger partial charge in [-0.2, -0.15) is 0 Å². The van der Waals surface area contributed by atoms with E-state index in [1.54, 1.807) is 18.3 Å². The molecule has 1 amide bonds. The number of benzene rings is 1. The number of nitrogens with zero attached hydrogens (tertiary/aromatic N) is 1. The fraction of sp³-hybridized carbons (Fsp3) is 0.500. The molecule has 9 heteroatoms. The number of carbonyl (C=O) groups is 1. The Morgan fingerprint density at radius 3 is 2.71 bits per heavy atom. The lowest BCUT2D eigenvalue weighted by atomic mass is 9.72. The number of hydrogen-bond donors (Lipinski definition) is 3. The van der Waals surface area contributed by atoms with Crippen LogP contribution in [0.3, 0.4) is 0 Å². The first-order chi connectivity index (χ1) is 14.6. The van der Waals surface area contributed by atoms with Gasteiger partial charge in [0.1, 0.15) is 11.2 Å². The minimum absolute atomic E-state index is 0.0204. The lowest BCUT2D eigenvalue weighted by Crippen LogP contribution is -2.38. The van der Waals surface area contributed by atoms with E-state index in [-0.39, 0.29) is 23.7 Å². The zero-order valence-corrected chi connectivity index (χ0v) is 18.9. The summed E-state index contributed by atoms with van der Waals surface area (Å²) in [7, 11) is 0. The van der Waals surface area contributed by atoms with Crippen LogP contribution in [-0.2, 0) is 12.8 Å². The molecule has 2 aliphatic rings. The van der Waals surface area contributed by atoms with Gasteiger partial charge in [0.2, 0.25) is 5.75 Å². The molecule has 1 aliphatic carbocycles. The highest BCUT2D eigenvalue weighted by Crippen LogP contribution is 2.47. The van der Waals surface area contributed by atoms with E-state index < -0.39 is 22.5 Å². The van der Waals surface area contributed by atoms with Crippen molar-refractivity contribution in [3.63, 3.8) is 0 Å². The number of nitro benzene ring substituents is 1. The molecule has 4 rings (SSSR count). The molecule has 0 saturated carbocycles. The van der Waals surface area contributed by atoms with Gasteiger partial charge in [0.25, 0.3) is 5.91 Å². The number of phenols is 1. The van der Waals surface area contributed by atoms with E-state index in [1.165, 1.54) is 17.0 Å². The third-order valence-corrected chi connectivity index (χ3v) is 7.36. The topological polar surface area (TPSA) is 114 Å². The Morgan fingerprint density at radius 1 is 1.32 bits per heavy atom. The zero-order valence-electron chi connectivity index (χ0n) is 18.1. The van der Waals surface area contributed by atoms with Crippen LogP contribution in [0.2, 0.25) is 0 Å². The average molecular weight is 446 g/mol. The molecule has 0 unspecified atom stereocenters. The van der Waals surface area contributed by atoms with E-state index in [0.717, 1.165) is 29.8 Å². The lowest BCUT2D eigenvalue weighted by Gasteiger charge is -2.34. The van der Waals surface area contributed by atoms with E-state index in [4.69, 9.17) is 4.74 Å². The number of anilines is 1. The number of ether oxygens (including phenoxy) is 1. The molecule has 0 radical (unpaired) electrons. The second-order valence-electron chi connectivity index (χ2n) is 9.14. The van der Waals surface area contributed by atoms with Crippen molar-refractivity contribution in [3.05, 3.63) is 43.8 Å². The van der Waals surface area contributed by atoms with Crippen LogP contribution in [0.5, 0.6) is 11.5 Å². The number of fused-ring (bicyclic) bond motifs is 3. The Kier molecular flexibility index (Phi) is 5.33. The van der Waals surface area contributed by atoms with Gasteiger partial charge < -0.3 is 20.5 Å². The minimum Gasteiger partial charge on any atom is -0.500 e. The van der Waals surface area contributed by atoms with Crippen molar-refractivity contribution in [1.82, 2.24) is 5.32 Å². The molecule has 1 aromatic carbocycles. The van der Waals surface area contributed by atoms with E-state index in [2.05, 4.69) is 31.4 Å². The molecule has 1 aromatic heterocycles. The van der Waals surface area contributed by atoms with Crippen LogP contribution >= 0.6 is 11.3 Å². The molecular weight excluding hydrogens is 418 g/mol. The van der Waals surface area contributed by atoms with Gasteiger partial charge in [0.15, 0.2) is 5.75 Å². The predicted octanol–water partition coefficient (Wildman–Crippen LogP) is 4.77. The molecule has 0 spiro atoms. The van der Waals surface area contributed by atoms with Gasteiger partial charge >= 0.3 is 5.69 Å². The maximum atomic E-state index is 13.0. The molecule has 0 fully saturated rings. The summed E-state index contributed by atoms with van der Waals surface area (Å²) in [5, 5.41) is 28.6. The van der Waals surface area contributed by atoms with Crippen LogP contribution in [0, 0.1) is 21.4 Å². The van der Waals surface area contributed by atoms with Crippen molar-refractivity contribution in [3.8, 4) is 11.5 Å². The summed E-state index contributed by atoms with van der Waals surface area (Å²) >= 11 is 1.60. The number of phenolic OH excluding ortho intramolecular Hbond substituents is 1. The standard InChI is InChI=1S/C22H27N3O5S/c1-5-30-15-9-11(8-14(18(15)26)25(28)29)19-23-20(27)17-13-7-6-12(22(2,3)4)10-16(13)31-21(17)24-19/h8-9,12,19,24,26H,5-7,10H2,1-4H3,(H,23,27)/t12-,19-/m0/s1. The highest BCUT2D eigenvalue weighted by Gasteiger charge is 2.37. The van der Waals surface area contributed by atoms with Crippen molar-refractivity contribution in [2.45, 2.75) is 53.1 Å². The first-order valence-electron chi connectivity index (χ1n) is 10.5. The Hall–Kier alpha value is -2.81. The third kappa shape index (κ3) is 3.82. The highest BCUT2D eigenvalue weighted by molar-refractivity contribution is 7.16. The van der Waals surface area contributed by atoms with E-state index >= 15 is 0 Å². The minimum atomic E-state index is -0.659. The number of thiophene rings is 1. The first kappa shape index (κ1) is 21.4. The molecule has 0 saturated heterocycles. The van der Waals surface area contributed by atoms with Crippen molar-refractivity contribution in [2.75, 3.05) is 11.9 Å². The van der Waals surface area contributed by atoms with Crippen molar-refractivity contribution < 1.29 is 19.6 Å². The number of nitrogens with one attached hydrogen (secondary N) is 2. The van der Waals surface area contributed by atoms with Crippen LogP contribution in [0.15, 0.2) is 12.1 Å². The summed E-state index contributed by atoms with van der Waals surface area (Å²) in [6.07, 6.45) is 2.23. The number of aromatic hydroxyl groups is 1. The van der Waals surface area contributed by atoms with Gasteiger partial charge in [0, 0.05) is 16.5 Å². The van der Waals surface area contributed by atoms with Crippen molar-refractivity contribution in [2.24, 2.45) is 11.3 Å². The highest BCUT2D eigenvalue weighted by atomic mass is 32.1. The molecule has 0 bridgehead atoms. The SMILES string of the molecule is CCOc1cc([C@H]2NC(=O)c3c(sc4c3CC[C@H](C(C)(C)C)C4)N2)cc([N+](=O)[O-])c1O. The second kappa shape index (κ2) is 7.71. The maximum Gasteiger partial charge on any atom is 0.315 e. The van der Waals surface area contributed by atoms with Gasteiger partial charge in [-0.3, -0.25) is 14.9 Å². The Balaban J connectivity index is 1.69. The fourth-order valence-corrected chi connectivity index (χ4v) is 5.74. The molecule has 1 aliphatic heterocycles. The Morgan fingerprint density at radius 2 is 2.06 bits per heavy atom. The average Bonchev–Trinajstić information content (AvgIpc) is 3.06. The van der Waals surface area contributed by atoms with Gasteiger partial charge in [-0.25, -0.2) is 0 Å². The van der Waals surface area contributed by atoms with Gasteiger partial charge in [-0.15, -0.1) is 11.3 Å². The molecule has 2 atom stereocenters.